The minimum Gasteiger partial charge on any atom is -0.453 e. The summed E-state index contributed by atoms with van der Waals surface area (Å²) in [5.41, 5.74) is 12.3. The predicted molar refractivity (Wildman–Crippen MR) is 231 cm³/mol. The minimum absolute atomic E-state index is 0.654. The van der Waals surface area contributed by atoms with E-state index >= 15 is 0 Å². The van der Waals surface area contributed by atoms with Gasteiger partial charge in [0.15, 0.2) is 28.8 Å². The highest BCUT2D eigenvalue weighted by atomic mass is 32.1. The normalized spacial score (nSPS) is 12.4. The summed E-state index contributed by atoms with van der Waals surface area (Å²) < 4.78 is 17.8. The highest BCUT2D eigenvalue weighted by Crippen LogP contribution is 2.53. The summed E-state index contributed by atoms with van der Waals surface area (Å²) in [5.74, 6) is 3.81. The Balaban J connectivity index is 0.968. The molecule has 57 heavy (non-hydrogen) atoms. The zero-order valence-corrected chi connectivity index (χ0v) is 31.3. The lowest BCUT2D eigenvalue weighted by molar-refractivity contribution is 0.477. The Kier molecular flexibility index (Phi) is 7.89. The largest absolute Gasteiger partial charge is 0.453 e. The number of ether oxygens (including phenoxy) is 2. The van der Waals surface area contributed by atoms with Gasteiger partial charge in [-0.05, 0) is 119 Å². The van der Waals surface area contributed by atoms with Crippen LogP contribution in [0, 0.1) is 0 Å². The van der Waals surface area contributed by atoms with Gasteiger partial charge in [-0.1, -0.05) is 109 Å². The molecule has 2 aliphatic heterocycles. The number of hydrogen-bond donors (Lipinski definition) is 0. The molecule has 2 aliphatic rings. The Morgan fingerprint density at radius 3 is 1.37 bits per heavy atom. The van der Waals surface area contributed by atoms with Crippen LogP contribution in [0.2, 0.25) is 0 Å². The van der Waals surface area contributed by atoms with Crippen LogP contribution in [0.3, 0.4) is 0 Å². The van der Waals surface area contributed by atoms with Crippen molar-refractivity contribution in [2.24, 2.45) is 0 Å². The Morgan fingerprint density at radius 1 is 0.351 bits per heavy atom. The summed E-state index contributed by atoms with van der Waals surface area (Å²) in [6.07, 6.45) is 0. The van der Waals surface area contributed by atoms with E-state index in [4.69, 9.17) is 18.8 Å². The highest BCUT2D eigenvalue weighted by Gasteiger charge is 2.29. The first-order valence-corrected chi connectivity index (χ1v) is 19.6. The van der Waals surface area contributed by atoms with Crippen molar-refractivity contribution < 1.29 is 9.47 Å². The lowest BCUT2D eigenvalue weighted by atomic mass is 10.0. The molecule has 0 spiro atoms. The van der Waals surface area contributed by atoms with Crippen molar-refractivity contribution in [3.05, 3.63) is 194 Å². The number of benzene rings is 8. The van der Waals surface area contributed by atoms with Crippen molar-refractivity contribution in [1.82, 2.24) is 9.36 Å². The van der Waals surface area contributed by atoms with Crippen molar-refractivity contribution in [2.45, 2.75) is 0 Å². The smallest absolute Gasteiger partial charge is 0.173 e. The number of hydrogen-bond acceptors (Lipinski definition) is 7. The number of aromatic nitrogens is 2. The molecule has 9 aromatic rings. The maximum atomic E-state index is 6.48. The van der Waals surface area contributed by atoms with Gasteiger partial charge in [0, 0.05) is 22.5 Å². The molecule has 8 aromatic carbocycles. The summed E-state index contributed by atoms with van der Waals surface area (Å²) >= 11 is 1.39. The average Bonchev–Trinajstić information content (AvgIpc) is 3.78. The van der Waals surface area contributed by atoms with Gasteiger partial charge in [0.25, 0.3) is 0 Å². The first-order chi connectivity index (χ1) is 28.2. The molecule has 270 valence electrons. The van der Waals surface area contributed by atoms with Gasteiger partial charge in [-0.25, -0.2) is 4.98 Å². The number of anilines is 6. The molecule has 11 rings (SSSR count). The van der Waals surface area contributed by atoms with Gasteiger partial charge in [-0.3, -0.25) is 0 Å². The lowest BCUT2D eigenvalue weighted by Gasteiger charge is -2.33. The molecule has 3 heterocycles. The molecule has 0 N–H and O–H groups in total. The van der Waals surface area contributed by atoms with Gasteiger partial charge in [-0.2, -0.15) is 4.37 Å². The van der Waals surface area contributed by atoms with Gasteiger partial charge in [0.05, 0.1) is 22.7 Å². The van der Waals surface area contributed by atoms with E-state index in [9.17, 15) is 0 Å². The number of para-hydroxylation sites is 4. The molecule has 0 bridgehead atoms. The predicted octanol–water partition coefficient (Wildman–Crippen LogP) is 14.4. The fourth-order valence-corrected chi connectivity index (χ4v) is 8.39. The molecule has 0 aliphatic carbocycles. The third-order valence-electron chi connectivity index (χ3n) is 10.4. The zero-order valence-electron chi connectivity index (χ0n) is 30.5. The Morgan fingerprint density at radius 2 is 0.807 bits per heavy atom. The summed E-state index contributed by atoms with van der Waals surface area (Å²) in [4.78, 5) is 9.67. The molecule has 0 amide bonds. The van der Waals surface area contributed by atoms with Crippen LogP contribution < -0.4 is 19.3 Å². The van der Waals surface area contributed by atoms with Crippen molar-refractivity contribution in [3.8, 4) is 67.2 Å². The van der Waals surface area contributed by atoms with Crippen LogP contribution in [-0.4, -0.2) is 9.36 Å². The van der Waals surface area contributed by atoms with Crippen LogP contribution >= 0.6 is 11.5 Å². The summed E-state index contributed by atoms with van der Waals surface area (Å²) in [6, 6.07) is 67.0. The summed E-state index contributed by atoms with van der Waals surface area (Å²) in [7, 11) is 0. The first-order valence-electron chi connectivity index (χ1n) is 18.8. The van der Waals surface area contributed by atoms with Crippen LogP contribution in [0.1, 0.15) is 0 Å². The quantitative estimate of drug-likeness (QED) is 0.169. The van der Waals surface area contributed by atoms with Gasteiger partial charge in [0.1, 0.15) is 5.01 Å². The monoisotopic (exact) mass is 752 g/mol. The highest BCUT2D eigenvalue weighted by molar-refractivity contribution is 7.09. The van der Waals surface area contributed by atoms with E-state index < -0.39 is 0 Å². The van der Waals surface area contributed by atoms with Crippen LogP contribution in [0.15, 0.2) is 194 Å². The molecular formula is C50H32N4O2S. The van der Waals surface area contributed by atoms with Crippen molar-refractivity contribution in [3.63, 3.8) is 0 Å². The minimum atomic E-state index is 0.654. The molecular weight excluding hydrogens is 721 g/mol. The van der Waals surface area contributed by atoms with Crippen molar-refractivity contribution in [1.29, 1.82) is 0 Å². The molecule has 1 aromatic heterocycles. The first kappa shape index (κ1) is 32.9. The number of fused-ring (bicyclic) bond motifs is 4. The second-order valence-electron chi connectivity index (χ2n) is 13.9. The van der Waals surface area contributed by atoms with Crippen LogP contribution in [0.25, 0.3) is 44.2 Å². The standard InChI is InChI=1S/C50H32N4O2S/c1-3-13-33(14-4-1)35-17-11-19-39(29-35)53-41-21-7-9-23-45(41)55-47-27-25-37(31-43(47)53)49-51-50(57-52-49)38-26-28-48-44(32-38)54(42-22-8-10-24-46(42)56-48)40-20-12-18-36(30-40)34-15-5-2-6-16-34/h1-32H. The molecule has 6 nitrogen and oxygen atoms in total. The van der Waals surface area contributed by atoms with Crippen molar-refractivity contribution in [2.75, 3.05) is 9.80 Å². The molecule has 0 fully saturated rings. The van der Waals surface area contributed by atoms with Crippen LogP contribution in [-0.2, 0) is 0 Å². The second-order valence-corrected chi connectivity index (χ2v) is 14.7. The molecule has 0 unspecified atom stereocenters. The van der Waals surface area contributed by atoms with E-state index in [1.807, 2.05) is 66.7 Å². The zero-order chi connectivity index (χ0) is 37.7. The van der Waals surface area contributed by atoms with E-state index in [1.165, 1.54) is 11.5 Å². The van der Waals surface area contributed by atoms with Gasteiger partial charge < -0.3 is 19.3 Å². The molecule has 0 saturated carbocycles. The van der Waals surface area contributed by atoms with E-state index in [0.717, 1.165) is 95.5 Å². The topological polar surface area (TPSA) is 50.7 Å². The van der Waals surface area contributed by atoms with Gasteiger partial charge >= 0.3 is 0 Å². The molecule has 7 heteroatoms. The number of rotatable bonds is 6. The third kappa shape index (κ3) is 5.89. The van der Waals surface area contributed by atoms with E-state index in [0.29, 0.717) is 5.82 Å². The fraction of sp³-hybridized carbons (Fsp3) is 0. The molecule has 0 radical (unpaired) electrons. The third-order valence-corrected chi connectivity index (χ3v) is 11.2. The molecule has 0 atom stereocenters. The van der Waals surface area contributed by atoms with E-state index in [1.54, 1.807) is 0 Å². The maximum Gasteiger partial charge on any atom is 0.173 e. The SMILES string of the molecule is c1ccc(-c2cccc(N3c4ccccc4Oc4ccc(-c5nsc(-c6ccc7c(c6)N(c6cccc(-c8ccccc8)c6)c6ccccc6O7)n5)cc43)c2)cc1. The average molecular weight is 753 g/mol. The van der Waals surface area contributed by atoms with Gasteiger partial charge in [-0.15, -0.1) is 0 Å². The summed E-state index contributed by atoms with van der Waals surface area (Å²) in [5, 5.41) is 0.816. The van der Waals surface area contributed by atoms with E-state index in [2.05, 4.69) is 137 Å². The lowest BCUT2D eigenvalue weighted by Crippen LogP contribution is -2.16. The van der Waals surface area contributed by atoms with E-state index in [-0.39, 0.29) is 0 Å². The fourth-order valence-electron chi connectivity index (χ4n) is 7.71. The second kappa shape index (κ2) is 13.7. The molecule has 0 saturated heterocycles. The Hall–Kier alpha value is -7.48. The van der Waals surface area contributed by atoms with Crippen molar-refractivity contribution >= 4 is 45.7 Å². The van der Waals surface area contributed by atoms with Gasteiger partial charge in [0.2, 0.25) is 0 Å². The maximum absolute atomic E-state index is 6.48. The van der Waals surface area contributed by atoms with Crippen LogP contribution in [0.4, 0.5) is 34.1 Å². The van der Waals surface area contributed by atoms with Crippen LogP contribution in [0.5, 0.6) is 23.0 Å². The Bertz CT molecular complexity index is 2750. The summed E-state index contributed by atoms with van der Waals surface area (Å²) in [6.45, 7) is 0. The number of nitrogens with zero attached hydrogens (tertiary/aromatic N) is 4. The Labute approximate surface area is 334 Å².